The summed E-state index contributed by atoms with van der Waals surface area (Å²) in [5, 5.41) is 0.959. The zero-order valence-corrected chi connectivity index (χ0v) is 13.4. The van der Waals surface area contributed by atoms with Crippen LogP contribution < -0.4 is 16.6 Å². The van der Waals surface area contributed by atoms with Crippen molar-refractivity contribution in [3.8, 4) is 5.69 Å². The second-order valence-corrected chi connectivity index (χ2v) is 5.88. The summed E-state index contributed by atoms with van der Waals surface area (Å²) in [4.78, 5) is 35.7. The lowest BCUT2D eigenvalue weighted by atomic mass is 10.1. The highest BCUT2D eigenvalue weighted by molar-refractivity contribution is 6.38. The summed E-state index contributed by atoms with van der Waals surface area (Å²) >= 11 is 11.7. The highest BCUT2D eigenvalue weighted by Crippen LogP contribution is 2.38. The molecule has 1 aliphatic heterocycles. The highest BCUT2D eigenvalue weighted by atomic mass is 35.5. The SMILES string of the molecule is Nc1c2c(cc(=O)n1-c1c(Cl)cc(C(F)(F)F)cc1Cl)C(=O)NC2=O. The number of hydrogen-bond donors (Lipinski definition) is 2. The number of carbonyl (C=O) groups is 2. The van der Waals surface area contributed by atoms with Crippen molar-refractivity contribution >= 4 is 40.8 Å². The van der Waals surface area contributed by atoms with Gasteiger partial charge in [0.1, 0.15) is 5.82 Å². The van der Waals surface area contributed by atoms with Crippen molar-refractivity contribution in [2.24, 2.45) is 0 Å². The molecule has 2 amide bonds. The third kappa shape index (κ3) is 2.65. The second-order valence-electron chi connectivity index (χ2n) is 5.06. The van der Waals surface area contributed by atoms with Gasteiger partial charge in [-0.15, -0.1) is 0 Å². The molecular weight excluding hydrogens is 386 g/mol. The first-order valence-corrected chi connectivity index (χ1v) is 7.25. The van der Waals surface area contributed by atoms with Crippen LogP contribution in [0.15, 0.2) is 23.0 Å². The first kappa shape index (κ1) is 17.3. The fraction of sp³-hybridized carbons (Fsp3) is 0.0714. The van der Waals surface area contributed by atoms with Crippen molar-refractivity contribution in [3.05, 3.63) is 55.3 Å². The van der Waals surface area contributed by atoms with E-state index in [2.05, 4.69) is 0 Å². The number of carbonyl (C=O) groups excluding carboxylic acids is 2. The highest BCUT2D eigenvalue weighted by Gasteiger charge is 2.35. The average Bonchev–Trinajstić information content (AvgIpc) is 2.75. The molecule has 1 aromatic heterocycles. The number of aromatic nitrogens is 1. The Morgan fingerprint density at radius 2 is 1.56 bits per heavy atom. The molecular formula is C14H6Cl2F3N3O3. The van der Waals surface area contributed by atoms with Crippen molar-refractivity contribution in [2.75, 3.05) is 5.73 Å². The number of rotatable bonds is 1. The molecule has 130 valence electrons. The van der Waals surface area contributed by atoms with Crippen molar-refractivity contribution in [1.82, 2.24) is 9.88 Å². The van der Waals surface area contributed by atoms with Crippen LogP contribution in [0.1, 0.15) is 26.3 Å². The van der Waals surface area contributed by atoms with Gasteiger partial charge in [0, 0.05) is 6.07 Å². The number of anilines is 1. The van der Waals surface area contributed by atoms with E-state index in [-0.39, 0.29) is 16.8 Å². The summed E-state index contributed by atoms with van der Waals surface area (Å²) in [6, 6.07) is 1.98. The minimum absolute atomic E-state index is 0.233. The van der Waals surface area contributed by atoms with E-state index in [1.54, 1.807) is 0 Å². The van der Waals surface area contributed by atoms with E-state index in [4.69, 9.17) is 28.9 Å². The first-order chi connectivity index (χ1) is 11.5. The number of halogens is 5. The van der Waals surface area contributed by atoms with Crippen LogP contribution in [0, 0.1) is 0 Å². The van der Waals surface area contributed by atoms with Gasteiger partial charge in [-0.2, -0.15) is 13.2 Å². The molecule has 2 heterocycles. The molecule has 0 saturated carbocycles. The Kier molecular flexibility index (Phi) is 3.81. The Bertz CT molecular complexity index is 992. The number of hydrogen-bond acceptors (Lipinski definition) is 4. The quantitative estimate of drug-likeness (QED) is 0.730. The number of nitrogens with zero attached hydrogens (tertiary/aromatic N) is 1. The van der Waals surface area contributed by atoms with Crippen molar-refractivity contribution in [3.63, 3.8) is 0 Å². The topological polar surface area (TPSA) is 94.2 Å². The standard InChI is InChI=1S/C14H6Cl2F3N3O3/c15-6-1-4(14(17,18)19)2-7(16)10(6)22-8(23)3-5-9(11(22)20)13(25)21-12(5)24/h1-3H,20H2,(H,21,24,25). The summed E-state index contributed by atoms with van der Waals surface area (Å²) in [5.74, 6) is -2.11. The fourth-order valence-electron chi connectivity index (χ4n) is 2.45. The largest absolute Gasteiger partial charge is 0.416 e. The number of pyridine rings is 1. The molecule has 0 unspecified atom stereocenters. The summed E-state index contributed by atoms with van der Waals surface area (Å²) in [5.41, 5.74) is 2.95. The van der Waals surface area contributed by atoms with Crippen molar-refractivity contribution < 1.29 is 22.8 Å². The minimum atomic E-state index is -4.70. The third-order valence-electron chi connectivity index (χ3n) is 3.52. The van der Waals surface area contributed by atoms with Crippen LogP contribution in [0.2, 0.25) is 10.0 Å². The maximum atomic E-state index is 12.8. The van der Waals surface area contributed by atoms with Crippen LogP contribution in [0.25, 0.3) is 5.69 Å². The van der Waals surface area contributed by atoms with Gasteiger partial charge in [0.05, 0.1) is 32.4 Å². The molecule has 0 saturated heterocycles. The predicted molar refractivity (Wildman–Crippen MR) is 83.3 cm³/mol. The Morgan fingerprint density at radius 1 is 1.00 bits per heavy atom. The van der Waals surface area contributed by atoms with Crippen LogP contribution in [0.4, 0.5) is 19.0 Å². The van der Waals surface area contributed by atoms with E-state index in [0.29, 0.717) is 16.7 Å². The van der Waals surface area contributed by atoms with Gasteiger partial charge in [-0.25, -0.2) is 0 Å². The van der Waals surface area contributed by atoms with Gasteiger partial charge in [0.2, 0.25) is 0 Å². The van der Waals surface area contributed by atoms with Crippen LogP contribution >= 0.6 is 23.2 Å². The summed E-state index contributed by atoms with van der Waals surface area (Å²) in [7, 11) is 0. The normalized spacial score (nSPS) is 13.8. The number of nitrogens with one attached hydrogen (secondary N) is 1. The number of amides is 2. The molecule has 6 nitrogen and oxygen atoms in total. The maximum absolute atomic E-state index is 12.8. The van der Waals surface area contributed by atoms with E-state index >= 15 is 0 Å². The first-order valence-electron chi connectivity index (χ1n) is 6.50. The molecule has 11 heteroatoms. The van der Waals surface area contributed by atoms with Crippen LogP contribution in [-0.2, 0) is 6.18 Å². The number of alkyl halides is 3. The molecule has 25 heavy (non-hydrogen) atoms. The maximum Gasteiger partial charge on any atom is 0.416 e. The Balaban J connectivity index is 2.33. The Labute approximate surface area is 146 Å². The van der Waals surface area contributed by atoms with Gasteiger partial charge in [-0.3, -0.25) is 24.3 Å². The molecule has 1 aromatic carbocycles. The fourth-order valence-corrected chi connectivity index (χ4v) is 3.11. The Morgan fingerprint density at radius 3 is 2.08 bits per heavy atom. The van der Waals surface area contributed by atoms with Gasteiger partial charge in [-0.05, 0) is 12.1 Å². The molecule has 1 aliphatic rings. The van der Waals surface area contributed by atoms with Gasteiger partial charge in [-0.1, -0.05) is 23.2 Å². The molecule has 0 bridgehead atoms. The molecule has 0 atom stereocenters. The lowest BCUT2D eigenvalue weighted by Crippen LogP contribution is -2.24. The van der Waals surface area contributed by atoms with Gasteiger partial charge in [0.15, 0.2) is 0 Å². The van der Waals surface area contributed by atoms with E-state index in [9.17, 15) is 27.6 Å². The average molecular weight is 392 g/mol. The van der Waals surface area contributed by atoms with Crippen molar-refractivity contribution in [1.29, 1.82) is 0 Å². The minimum Gasteiger partial charge on any atom is -0.384 e. The smallest absolute Gasteiger partial charge is 0.384 e. The second kappa shape index (κ2) is 5.50. The molecule has 0 radical (unpaired) electrons. The van der Waals surface area contributed by atoms with Gasteiger partial charge >= 0.3 is 6.18 Å². The number of benzene rings is 1. The van der Waals surface area contributed by atoms with Gasteiger partial charge in [0.25, 0.3) is 17.4 Å². The molecule has 2 aromatic rings. The number of nitrogen functional groups attached to an aromatic ring is 1. The molecule has 0 spiro atoms. The summed E-state index contributed by atoms with van der Waals surface area (Å²) < 4.78 is 39.1. The Hall–Kier alpha value is -2.52. The summed E-state index contributed by atoms with van der Waals surface area (Å²) in [6.07, 6.45) is -4.70. The third-order valence-corrected chi connectivity index (χ3v) is 4.10. The molecule has 0 aliphatic carbocycles. The lowest BCUT2D eigenvalue weighted by molar-refractivity contribution is -0.137. The van der Waals surface area contributed by atoms with Crippen molar-refractivity contribution in [2.45, 2.75) is 6.18 Å². The van der Waals surface area contributed by atoms with Crippen LogP contribution in [0.3, 0.4) is 0 Å². The lowest BCUT2D eigenvalue weighted by Gasteiger charge is -2.16. The molecule has 3 rings (SSSR count). The number of imide groups is 1. The number of fused-ring (bicyclic) bond motifs is 1. The monoisotopic (exact) mass is 391 g/mol. The zero-order chi connectivity index (χ0) is 18.7. The van der Waals surface area contributed by atoms with Gasteiger partial charge < -0.3 is 5.73 Å². The predicted octanol–water partition coefficient (Wildman–Crippen LogP) is 2.63. The number of nitrogens with two attached hydrogens (primary N) is 1. The van der Waals surface area contributed by atoms with Crippen LogP contribution in [0.5, 0.6) is 0 Å². The molecule has 0 fully saturated rings. The van der Waals surface area contributed by atoms with E-state index in [0.717, 1.165) is 6.07 Å². The van der Waals surface area contributed by atoms with E-state index in [1.807, 2.05) is 5.32 Å². The zero-order valence-electron chi connectivity index (χ0n) is 11.9. The molecule has 3 N–H and O–H groups in total. The van der Waals surface area contributed by atoms with Crippen LogP contribution in [-0.4, -0.2) is 16.4 Å². The summed E-state index contributed by atoms with van der Waals surface area (Å²) in [6.45, 7) is 0. The van der Waals surface area contributed by atoms with E-state index in [1.165, 1.54) is 0 Å². The van der Waals surface area contributed by atoms with E-state index < -0.39 is 45.0 Å².